The highest BCUT2D eigenvalue weighted by atomic mass is 15.3. The Hall–Kier alpha value is -0.530. The highest BCUT2D eigenvalue weighted by molar-refractivity contribution is 5.81. The first kappa shape index (κ1) is 14.5. The summed E-state index contributed by atoms with van der Waals surface area (Å²) in [6, 6.07) is 0. The van der Waals surface area contributed by atoms with Gasteiger partial charge in [0.25, 0.3) is 0 Å². The van der Waals surface area contributed by atoms with Crippen LogP contribution in [0, 0.1) is 10.8 Å². The third-order valence-electron chi connectivity index (χ3n) is 6.39. The summed E-state index contributed by atoms with van der Waals surface area (Å²) in [7, 11) is 2.16. The maximum atomic E-state index is 4.98. The van der Waals surface area contributed by atoms with E-state index in [1.54, 1.807) is 0 Å². The van der Waals surface area contributed by atoms with Gasteiger partial charge in [-0.2, -0.15) is 0 Å². The summed E-state index contributed by atoms with van der Waals surface area (Å²) >= 11 is 0. The van der Waals surface area contributed by atoms with E-state index in [1.807, 2.05) is 0 Å². The molecule has 0 atom stereocenters. The minimum atomic E-state index is -0.0530. The molecule has 0 spiro atoms. The van der Waals surface area contributed by atoms with Crippen molar-refractivity contribution in [1.82, 2.24) is 4.90 Å². The van der Waals surface area contributed by atoms with Crippen LogP contribution >= 0.6 is 0 Å². The van der Waals surface area contributed by atoms with E-state index in [0.29, 0.717) is 0 Å². The second-order valence-electron chi connectivity index (χ2n) is 7.59. The first-order valence-electron chi connectivity index (χ1n) is 6.59. The van der Waals surface area contributed by atoms with E-state index in [4.69, 9.17) is 4.99 Å². The van der Waals surface area contributed by atoms with Gasteiger partial charge < -0.3 is 4.90 Å². The SMILES string of the molecule is CC1=NC(C)(C)C(C)(C)C(C)(C)C(C)(C)N1C. The van der Waals surface area contributed by atoms with Crippen molar-refractivity contribution in [3.63, 3.8) is 0 Å². The van der Waals surface area contributed by atoms with Crippen LogP contribution in [-0.4, -0.2) is 28.9 Å². The van der Waals surface area contributed by atoms with Gasteiger partial charge in [-0.15, -0.1) is 0 Å². The summed E-state index contributed by atoms with van der Waals surface area (Å²) in [6.45, 7) is 20.8. The molecule has 1 aliphatic heterocycles. The van der Waals surface area contributed by atoms with E-state index >= 15 is 0 Å². The highest BCUT2D eigenvalue weighted by Gasteiger charge is 2.58. The van der Waals surface area contributed by atoms with E-state index < -0.39 is 0 Å². The molecule has 0 saturated carbocycles. The van der Waals surface area contributed by atoms with Gasteiger partial charge in [-0.05, 0) is 45.4 Å². The molecular weight excluding hydrogens is 208 g/mol. The number of hydrogen-bond acceptors (Lipinski definition) is 2. The highest BCUT2D eigenvalue weighted by Crippen LogP contribution is 2.56. The third-order valence-corrected chi connectivity index (χ3v) is 6.39. The first-order valence-corrected chi connectivity index (χ1v) is 6.59. The van der Waals surface area contributed by atoms with Crippen LogP contribution in [0.1, 0.15) is 62.3 Å². The van der Waals surface area contributed by atoms with Crippen molar-refractivity contribution in [2.45, 2.75) is 73.4 Å². The van der Waals surface area contributed by atoms with Crippen LogP contribution in [0.15, 0.2) is 4.99 Å². The minimum Gasteiger partial charge on any atom is -0.358 e. The van der Waals surface area contributed by atoms with Gasteiger partial charge in [0.05, 0.1) is 11.4 Å². The van der Waals surface area contributed by atoms with Crippen molar-refractivity contribution in [3.05, 3.63) is 0 Å². The standard InChI is InChI=1S/C15H30N2/c1-11-16-14(6,7)12(2,3)13(4,5)15(8,9)17(11)10/h1-10H3. The van der Waals surface area contributed by atoms with E-state index in [0.717, 1.165) is 5.84 Å². The Morgan fingerprint density at radius 1 is 0.824 bits per heavy atom. The lowest BCUT2D eigenvalue weighted by atomic mass is 9.52. The largest absolute Gasteiger partial charge is 0.358 e. The maximum Gasteiger partial charge on any atom is 0.0966 e. The Bertz CT molecular complexity index is 346. The van der Waals surface area contributed by atoms with E-state index in [1.165, 1.54) is 0 Å². The molecule has 0 unspecified atom stereocenters. The molecule has 0 aromatic rings. The maximum absolute atomic E-state index is 4.98. The van der Waals surface area contributed by atoms with Crippen LogP contribution in [0.2, 0.25) is 0 Å². The van der Waals surface area contributed by atoms with Gasteiger partial charge in [0, 0.05) is 12.6 Å². The Morgan fingerprint density at radius 2 is 1.24 bits per heavy atom. The van der Waals surface area contributed by atoms with Crippen LogP contribution in [-0.2, 0) is 0 Å². The molecule has 0 fully saturated rings. The average molecular weight is 238 g/mol. The molecule has 17 heavy (non-hydrogen) atoms. The molecule has 2 heteroatoms. The zero-order valence-corrected chi connectivity index (χ0v) is 13.4. The Morgan fingerprint density at radius 3 is 1.65 bits per heavy atom. The molecule has 0 amide bonds. The summed E-state index contributed by atoms with van der Waals surface area (Å²) in [6.07, 6.45) is 0. The van der Waals surface area contributed by atoms with Crippen LogP contribution in [0.3, 0.4) is 0 Å². The van der Waals surface area contributed by atoms with Gasteiger partial charge in [-0.1, -0.05) is 27.7 Å². The Kier molecular flexibility index (Phi) is 2.98. The van der Waals surface area contributed by atoms with Crippen molar-refractivity contribution < 1.29 is 0 Å². The fourth-order valence-electron chi connectivity index (χ4n) is 2.97. The molecule has 1 aliphatic rings. The molecule has 0 aromatic carbocycles. The molecule has 0 saturated heterocycles. The second-order valence-corrected chi connectivity index (χ2v) is 7.59. The zero-order valence-electron chi connectivity index (χ0n) is 13.4. The van der Waals surface area contributed by atoms with Gasteiger partial charge in [-0.3, -0.25) is 4.99 Å². The lowest BCUT2D eigenvalue weighted by Gasteiger charge is -2.57. The molecule has 0 aromatic heterocycles. The van der Waals surface area contributed by atoms with Crippen LogP contribution in [0.25, 0.3) is 0 Å². The summed E-state index contributed by atoms with van der Waals surface area (Å²) < 4.78 is 0. The van der Waals surface area contributed by atoms with Crippen molar-refractivity contribution >= 4 is 5.84 Å². The van der Waals surface area contributed by atoms with Gasteiger partial charge in [0.1, 0.15) is 0 Å². The van der Waals surface area contributed by atoms with E-state index in [-0.39, 0.29) is 21.9 Å². The van der Waals surface area contributed by atoms with Crippen molar-refractivity contribution in [1.29, 1.82) is 0 Å². The van der Waals surface area contributed by atoms with Crippen LogP contribution in [0.5, 0.6) is 0 Å². The van der Waals surface area contributed by atoms with Gasteiger partial charge in [0.2, 0.25) is 0 Å². The number of aliphatic imine (C=N–C) groups is 1. The lowest BCUT2D eigenvalue weighted by Crippen LogP contribution is -2.60. The molecule has 100 valence electrons. The molecule has 2 nitrogen and oxygen atoms in total. The number of rotatable bonds is 0. The third kappa shape index (κ3) is 1.63. The number of amidine groups is 1. The average Bonchev–Trinajstić information content (AvgIpc) is 2.15. The molecular formula is C15H30N2. The molecule has 1 rings (SSSR count). The zero-order chi connectivity index (χ0) is 13.9. The van der Waals surface area contributed by atoms with Crippen molar-refractivity contribution in [3.8, 4) is 0 Å². The monoisotopic (exact) mass is 238 g/mol. The summed E-state index contributed by atoms with van der Waals surface area (Å²) in [5.41, 5.74) is 0.301. The van der Waals surface area contributed by atoms with Gasteiger partial charge >= 0.3 is 0 Å². The van der Waals surface area contributed by atoms with E-state index in [9.17, 15) is 0 Å². The fourth-order valence-corrected chi connectivity index (χ4v) is 2.97. The summed E-state index contributed by atoms with van der Waals surface area (Å²) in [5, 5.41) is 0. The van der Waals surface area contributed by atoms with Crippen molar-refractivity contribution in [2.75, 3.05) is 7.05 Å². The number of nitrogens with zero attached hydrogens (tertiary/aromatic N) is 2. The Balaban J connectivity index is 3.56. The summed E-state index contributed by atoms with van der Waals surface area (Å²) in [4.78, 5) is 7.31. The minimum absolute atomic E-state index is 0.0530. The topological polar surface area (TPSA) is 15.6 Å². The predicted octanol–water partition coefficient (Wildman–Crippen LogP) is 3.96. The Labute approximate surface area is 107 Å². The van der Waals surface area contributed by atoms with Gasteiger partial charge in [-0.25, -0.2) is 0 Å². The van der Waals surface area contributed by atoms with Crippen LogP contribution < -0.4 is 0 Å². The predicted molar refractivity (Wildman–Crippen MR) is 76.6 cm³/mol. The van der Waals surface area contributed by atoms with Crippen molar-refractivity contribution in [2.24, 2.45) is 15.8 Å². The quantitative estimate of drug-likeness (QED) is 0.623. The molecule has 1 heterocycles. The fraction of sp³-hybridized carbons (Fsp3) is 0.933. The summed E-state index contributed by atoms with van der Waals surface area (Å²) in [5.74, 6) is 1.14. The van der Waals surface area contributed by atoms with E-state index in [2.05, 4.69) is 74.3 Å². The normalized spacial score (nSPS) is 29.5. The lowest BCUT2D eigenvalue weighted by molar-refractivity contribution is -0.0500. The number of hydrogen-bond donors (Lipinski definition) is 0. The molecule has 0 aliphatic carbocycles. The smallest absolute Gasteiger partial charge is 0.0966 e. The molecule has 0 radical (unpaired) electrons. The molecule has 0 N–H and O–H groups in total. The molecule has 0 bridgehead atoms. The van der Waals surface area contributed by atoms with Crippen LogP contribution in [0.4, 0.5) is 0 Å². The second kappa shape index (κ2) is 3.49. The van der Waals surface area contributed by atoms with Gasteiger partial charge in [0.15, 0.2) is 0 Å². The first-order chi connectivity index (χ1) is 7.29.